The first kappa shape index (κ1) is 15.3. The van der Waals surface area contributed by atoms with E-state index in [-0.39, 0.29) is 5.92 Å². The van der Waals surface area contributed by atoms with Crippen molar-refractivity contribution in [3.63, 3.8) is 0 Å². The number of hydrogen-bond donors (Lipinski definition) is 1. The topological polar surface area (TPSA) is 55.0 Å². The number of rotatable bonds is 4. The van der Waals surface area contributed by atoms with Gasteiger partial charge in [-0.1, -0.05) is 13.8 Å². The highest BCUT2D eigenvalue weighted by Crippen LogP contribution is 2.26. The molecule has 2 aromatic rings. The Morgan fingerprint density at radius 3 is 2.65 bits per heavy atom. The van der Waals surface area contributed by atoms with Gasteiger partial charge in [0.1, 0.15) is 17.5 Å². The van der Waals surface area contributed by atoms with Crippen LogP contribution in [0.2, 0.25) is 0 Å². The van der Waals surface area contributed by atoms with Crippen LogP contribution in [0.3, 0.4) is 0 Å². The Morgan fingerprint density at radius 2 is 2.10 bits per heavy atom. The van der Waals surface area contributed by atoms with Crippen molar-refractivity contribution in [2.75, 3.05) is 17.7 Å². The molecule has 0 saturated heterocycles. The van der Waals surface area contributed by atoms with Gasteiger partial charge in [-0.2, -0.15) is 0 Å². The van der Waals surface area contributed by atoms with Crippen LogP contribution in [0.4, 0.5) is 11.6 Å². The van der Waals surface area contributed by atoms with E-state index in [2.05, 4.69) is 56.1 Å². The Bertz CT molecular complexity index is 609. The zero-order valence-electron chi connectivity index (χ0n) is 12.1. The number of nitrogens with zero attached hydrogens (tertiary/aromatic N) is 3. The zero-order valence-corrected chi connectivity index (χ0v) is 14.5. The molecule has 0 aromatic carbocycles. The van der Waals surface area contributed by atoms with Crippen molar-refractivity contribution in [1.29, 1.82) is 0 Å². The molecule has 2 aromatic heterocycles. The second-order valence-electron chi connectivity index (χ2n) is 5.19. The van der Waals surface area contributed by atoms with Crippen molar-refractivity contribution >= 4 is 38.9 Å². The molecule has 0 unspecified atom stereocenters. The Labute approximate surface area is 132 Å². The van der Waals surface area contributed by atoms with Crippen molar-refractivity contribution in [2.45, 2.75) is 33.2 Å². The standard InChI is InChI=1S/C14H19BrN4S/c1-8(2)13-17-12(16)9(3)14(18-13)19(4)6-10-5-11(15)20-7-10/h5,7-8H,6H2,1-4H3,(H2,16,17,18). The van der Waals surface area contributed by atoms with E-state index in [9.17, 15) is 0 Å². The molecule has 0 atom stereocenters. The minimum atomic E-state index is 0.264. The van der Waals surface area contributed by atoms with E-state index in [1.54, 1.807) is 11.3 Å². The largest absolute Gasteiger partial charge is 0.383 e. The Balaban J connectivity index is 2.30. The maximum absolute atomic E-state index is 6.01. The summed E-state index contributed by atoms with van der Waals surface area (Å²) in [4.78, 5) is 11.1. The van der Waals surface area contributed by atoms with E-state index < -0.39 is 0 Å². The maximum atomic E-state index is 6.01. The van der Waals surface area contributed by atoms with Gasteiger partial charge in [0.25, 0.3) is 0 Å². The van der Waals surface area contributed by atoms with Crippen LogP contribution in [-0.4, -0.2) is 17.0 Å². The molecule has 0 aliphatic carbocycles. The highest BCUT2D eigenvalue weighted by Gasteiger charge is 2.15. The van der Waals surface area contributed by atoms with Crippen LogP contribution in [-0.2, 0) is 6.54 Å². The number of halogens is 1. The highest BCUT2D eigenvalue weighted by atomic mass is 79.9. The molecule has 0 fully saturated rings. The molecule has 2 rings (SSSR count). The maximum Gasteiger partial charge on any atom is 0.137 e. The molecule has 0 aliphatic rings. The van der Waals surface area contributed by atoms with Gasteiger partial charge in [-0.25, -0.2) is 9.97 Å². The van der Waals surface area contributed by atoms with Gasteiger partial charge >= 0.3 is 0 Å². The lowest BCUT2D eigenvalue weighted by atomic mass is 10.2. The van der Waals surface area contributed by atoms with E-state index in [0.717, 1.165) is 27.5 Å². The summed E-state index contributed by atoms with van der Waals surface area (Å²) in [6.07, 6.45) is 0. The first-order valence-corrected chi connectivity index (χ1v) is 8.13. The average molecular weight is 355 g/mol. The van der Waals surface area contributed by atoms with Gasteiger partial charge in [0.05, 0.1) is 3.79 Å². The minimum Gasteiger partial charge on any atom is -0.383 e. The third kappa shape index (κ3) is 3.30. The molecule has 4 nitrogen and oxygen atoms in total. The second-order valence-corrected chi connectivity index (χ2v) is 7.48. The van der Waals surface area contributed by atoms with Crippen molar-refractivity contribution < 1.29 is 0 Å². The van der Waals surface area contributed by atoms with Gasteiger partial charge in [-0.05, 0) is 39.9 Å². The van der Waals surface area contributed by atoms with Crippen molar-refractivity contribution in [1.82, 2.24) is 9.97 Å². The van der Waals surface area contributed by atoms with Gasteiger partial charge in [0.15, 0.2) is 0 Å². The molecule has 20 heavy (non-hydrogen) atoms. The molecule has 108 valence electrons. The van der Waals surface area contributed by atoms with E-state index in [0.29, 0.717) is 5.82 Å². The molecule has 0 spiro atoms. The average Bonchev–Trinajstić information content (AvgIpc) is 2.77. The van der Waals surface area contributed by atoms with Gasteiger partial charge in [0, 0.05) is 25.1 Å². The second kappa shape index (κ2) is 6.10. The third-order valence-electron chi connectivity index (χ3n) is 3.09. The highest BCUT2D eigenvalue weighted by molar-refractivity contribution is 9.11. The quantitative estimate of drug-likeness (QED) is 0.902. The van der Waals surface area contributed by atoms with E-state index in [4.69, 9.17) is 5.73 Å². The lowest BCUT2D eigenvalue weighted by Crippen LogP contribution is -2.20. The van der Waals surface area contributed by atoms with Crippen molar-refractivity contribution in [3.05, 3.63) is 32.2 Å². The number of hydrogen-bond acceptors (Lipinski definition) is 5. The molecule has 0 saturated carbocycles. The lowest BCUT2D eigenvalue weighted by molar-refractivity contribution is 0.761. The lowest BCUT2D eigenvalue weighted by Gasteiger charge is -2.21. The predicted octanol–water partition coefficient (Wildman–Crippen LogP) is 3.95. The van der Waals surface area contributed by atoms with Gasteiger partial charge in [-0.15, -0.1) is 11.3 Å². The van der Waals surface area contributed by atoms with Crippen LogP contribution in [0.25, 0.3) is 0 Å². The molecule has 0 aliphatic heterocycles. The van der Waals surface area contributed by atoms with E-state index in [1.807, 2.05) is 14.0 Å². The summed E-state index contributed by atoms with van der Waals surface area (Å²) in [6.45, 7) is 6.92. The predicted molar refractivity (Wildman–Crippen MR) is 89.4 cm³/mol. The molecule has 2 heterocycles. The van der Waals surface area contributed by atoms with E-state index in [1.165, 1.54) is 5.56 Å². The Morgan fingerprint density at radius 1 is 1.40 bits per heavy atom. The molecule has 0 bridgehead atoms. The molecule has 0 radical (unpaired) electrons. The van der Waals surface area contributed by atoms with Crippen molar-refractivity contribution in [2.24, 2.45) is 0 Å². The van der Waals surface area contributed by atoms with Crippen LogP contribution in [0.1, 0.15) is 36.7 Å². The fourth-order valence-corrected chi connectivity index (χ4v) is 3.15. The van der Waals surface area contributed by atoms with Crippen LogP contribution >= 0.6 is 27.3 Å². The number of aromatic nitrogens is 2. The Kier molecular flexibility index (Phi) is 4.65. The molecular formula is C14H19BrN4S. The SMILES string of the molecule is Cc1c(N)nc(C(C)C)nc1N(C)Cc1csc(Br)c1. The molecule has 6 heteroatoms. The molecule has 2 N–H and O–H groups in total. The number of anilines is 2. The monoisotopic (exact) mass is 354 g/mol. The van der Waals surface area contributed by atoms with Gasteiger partial charge in [0.2, 0.25) is 0 Å². The van der Waals surface area contributed by atoms with Crippen LogP contribution < -0.4 is 10.6 Å². The fraction of sp³-hybridized carbons (Fsp3) is 0.429. The first-order valence-electron chi connectivity index (χ1n) is 6.46. The van der Waals surface area contributed by atoms with Gasteiger partial charge in [-0.3, -0.25) is 0 Å². The van der Waals surface area contributed by atoms with E-state index >= 15 is 0 Å². The summed E-state index contributed by atoms with van der Waals surface area (Å²) in [5.41, 5.74) is 8.20. The minimum absolute atomic E-state index is 0.264. The zero-order chi connectivity index (χ0) is 14.9. The summed E-state index contributed by atoms with van der Waals surface area (Å²) < 4.78 is 1.14. The van der Waals surface area contributed by atoms with Crippen LogP contribution in [0.15, 0.2) is 15.2 Å². The molecule has 0 amide bonds. The van der Waals surface area contributed by atoms with Crippen molar-refractivity contribution in [3.8, 4) is 0 Å². The normalized spacial score (nSPS) is 11.1. The number of thiophene rings is 1. The summed E-state index contributed by atoms with van der Waals surface area (Å²) >= 11 is 5.18. The van der Waals surface area contributed by atoms with Crippen LogP contribution in [0, 0.1) is 6.92 Å². The third-order valence-corrected chi connectivity index (χ3v) is 4.65. The van der Waals surface area contributed by atoms with Gasteiger partial charge < -0.3 is 10.6 Å². The Hall–Kier alpha value is -1.14. The molecular weight excluding hydrogens is 336 g/mol. The fourth-order valence-electron chi connectivity index (χ4n) is 1.95. The summed E-state index contributed by atoms with van der Waals surface area (Å²) in [6, 6.07) is 2.13. The number of nitrogen functional groups attached to an aromatic ring is 1. The summed E-state index contributed by atoms with van der Waals surface area (Å²) in [5, 5.41) is 2.14. The first-order chi connectivity index (χ1) is 9.38. The smallest absolute Gasteiger partial charge is 0.137 e. The number of nitrogens with two attached hydrogens (primary N) is 1. The van der Waals surface area contributed by atoms with Crippen LogP contribution in [0.5, 0.6) is 0 Å². The summed E-state index contributed by atoms with van der Waals surface area (Å²) in [5.74, 6) is 2.53. The summed E-state index contributed by atoms with van der Waals surface area (Å²) in [7, 11) is 2.03.